The lowest BCUT2D eigenvalue weighted by atomic mass is 9.87. The summed E-state index contributed by atoms with van der Waals surface area (Å²) >= 11 is 0. The number of hydrogen-bond donors (Lipinski definition) is 6. The fraction of sp³-hybridized carbons (Fsp3) is 0.923. The van der Waals surface area contributed by atoms with Crippen LogP contribution in [0.25, 0.3) is 0 Å². The fourth-order valence-electron chi connectivity index (χ4n) is 5.36. The Labute approximate surface area is 211 Å². The summed E-state index contributed by atoms with van der Waals surface area (Å²) in [6.07, 6.45) is 12.0. The van der Waals surface area contributed by atoms with Gasteiger partial charge in [0.1, 0.15) is 0 Å². The number of nitrogens with zero attached hydrogens (tertiary/aromatic N) is 2. The van der Waals surface area contributed by atoms with E-state index in [4.69, 9.17) is 5.11 Å². The highest BCUT2D eigenvalue weighted by molar-refractivity contribution is 5.68. The molecule has 0 aromatic rings. The van der Waals surface area contributed by atoms with Crippen LogP contribution < -0.4 is 10.6 Å². The Balaban J connectivity index is 1.59. The summed E-state index contributed by atoms with van der Waals surface area (Å²) in [6.45, 7) is 5.91. The summed E-state index contributed by atoms with van der Waals surface area (Å²) in [4.78, 5) is 17.9. The molecule has 0 saturated carbocycles. The Hall–Kier alpha value is -1.10. The van der Waals surface area contributed by atoms with Gasteiger partial charge >= 0.3 is 5.97 Å². The number of hydrogen-bond acceptors (Lipinski definition) is 8. The smallest absolute Gasteiger partial charge is 0.306 e. The second kappa shape index (κ2) is 15.9. The predicted octanol–water partition coefficient (Wildman–Crippen LogP) is 1.89. The summed E-state index contributed by atoms with van der Waals surface area (Å²) in [5, 5.41) is 46.1. The molecule has 0 amide bonds. The summed E-state index contributed by atoms with van der Waals surface area (Å²) < 4.78 is 0. The van der Waals surface area contributed by atoms with Crippen molar-refractivity contribution in [2.45, 2.75) is 127 Å². The average molecular weight is 499 g/mol. The quantitative estimate of drug-likeness (QED) is 0.158. The number of nitrogens with one attached hydrogen (secondary N) is 2. The van der Waals surface area contributed by atoms with Crippen LogP contribution in [0.2, 0.25) is 0 Å². The number of carbonyl (C=O) groups is 1. The van der Waals surface area contributed by atoms with Gasteiger partial charge in [0.2, 0.25) is 0 Å². The van der Waals surface area contributed by atoms with Gasteiger partial charge in [0.25, 0.3) is 0 Å². The van der Waals surface area contributed by atoms with Crippen LogP contribution in [0.4, 0.5) is 0 Å². The molecule has 0 aromatic carbocycles. The van der Waals surface area contributed by atoms with Crippen LogP contribution in [0, 0.1) is 0 Å². The maximum atomic E-state index is 11.2. The van der Waals surface area contributed by atoms with E-state index < -0.39 is 11.6 Å². The second-order valence-electron chi connectivity index (χ2n) is 10.8. The van der Waals surface area contributed by atoms with Crippen LogP contribution in [0.1, 0.15) is 90.9 Å². The Morgan fingerprint density at radius 3 is 2.54 bits per heavy atom. The van der Waals surface area contributed by atoms with Gasteiger partial charge in [-0.3, -0.25) is 14.7 Å². The number of aliphatic imine (C=N–C) groups is 1. The molecular weight excluding hydrogens is 448 g/mol. The lowest BCUT2D eigenvalue weighted by Crippen LogP contribution is -2.60. The summed E-state index contributed by atoms with van der Waals surface area (Å²) in [5.41, 5.74) is -1.25. The zero-order valence-corrected chi connectivity index (χ0v) is 21.9. The molecule has 6 atom stereocenters. The van der Waals surface area contributed by atoms with Crippen LogP contribution in [0.3, 0.4) is 0 Å². The Morgan fingerprint density at radius 1 is 1.23 bits per heavy atom. The van der Waals surface area contributed by atoms with E-state index in [1.54, 1.807) is 0 Å². The molecule has 2 rings (SSSR count). The molecule has 6 N–H and O–H groups in total. The van der Waals surface area contributed by atoms with Gasteiger partial charge in [0.15, 0.2) is 0 Å². The van der Waals surface area contributed by atoms with Crippen molar-refractivity contribution in [1.82, 2.24) is 15.5 Å². The van der Waals surface area contributed by atoms with Crippen LogP contribution >= 0.6 is 0 Å². The highest BCUT2D eigenvalue weighted by atomic mass is 16.4. The molecule has 2 heterocycles. The molecule has 9 heteroatoms. The van der Waals surface area contributed by atoms with E-state index in [0.717, 1.165) is 51.7 Å². The van der Waals surface area contributed by atoms with Gasteiger partial charge in [0, 0.05) is 50.1 Å². The third-order valence-corrected chi connectivity index (χ3v) is 7.66. The zero-order chi connectivity index (χ0) is 25.7. The molecule has 0 unspecified atom stereocenters. The molecule has 2 aliphatic heterocycles. The van der Waals surface area contributed by atoms with E-state index in [1.807, 2.05) is 13.1 Å². The number of unbranched alkanes of at least 4 members (excludes halogenated alkanes) is 6. The molecule has 0 aromatic heterocycles. The number of carboxylic acids is 1. The molecule has 1 fully saturated rings. The first-order valence-electron chi connectivity index (χ1n) is 13.7. The van der Waals surface area contributed by atoms with Gasteiger partial charge < -0.3 is 31.1 Å². The number of rotatable bonds is 18. The molecule has 1 saturated heterocycles. The van der Waals surface area contributed by atoms with Gasteiger partial charge in [0.05, 0.1) is 24.8 Å². The highest BCUT2D eigenvalue weighted by Crippen LogP contribution is 2.25. The van der Waals surface area contributed by atoms with Gasteiger partial charge in [-0.2, -0.15) is 0 Å². The van der Waals surface area contributed by atoms with Crippen LogP contribution in [-0.4, -0.2) is 99.7 Å². The van der Waals surface area contributed by atoms with Crippen molar-refractivity contribution in [1.29, 1.82) is 0 Å². The van der Waals surface area contributed by atoms with Crippen LogP contribution in [-0.2, 0) is 4.79 Å². The van der Waals surface area contributed by atoms with Gasteiger partial charge in [-0.1, -0.05) is 44.9 Å². The Bertz CT molecular complexity index is 629. The van der Waals surface area contributed by atoms with Crippen LogP contribution in [0.5, 0.6) is 0 Å². The van der Waals surface area contributed by atoms with Crippen molar-refractivity contribution in [2.75, 3.05) is 26.4 Å². The van der Waals surface area contributed by atoms with E-state index in [2.05, 4.69) is 27.4 Å². The minimum atomic E-state index is -1.25. The zero-order valence-electron chi connectivity index (χ0n) is 21.9. The fourth-order valence-corrected chi connectivity index (χ4v) is 5.36. The first-order valence-corrected chi connectivity index (χ1v) is 13.7. The number of aliphatic hydroxyl groups excluding tert-OH is 2. The molecule has 0 aliphatic carbocycles. The molecule has 204 valence electrons. The molecule has 0 spiro atoms. The maximum absolute atomic E-state index is 11.2. The van der Waals surface area contributed by atoms with E-state index in [-0.39, 0.29) is 37.8 Å². The van der Waals surface area contributed by atoms with Gasteiger partial charge in [-0.05, 0) is 39.5 Å². The topological polar surface area (TPSA) is 138 Å². The third-order valence-electron chi connectivity index (χ3n) is 7.66. The first-order chi connectivity index (χ1) is 16.7. The minimum absolute atomic E-state index is 0.0383. The molecule has 0 bridgehead atoms. The standard InChI is InChI=1S/C26H50N4O5/c1-20(11-15-31)28-18-26(35,17-25(33)34)12-9-7-5-3-4-6-8-10-22-23(30-14-13-27-19-30)16-24(32)21(2)29-22/h13,20-24,28-29,31-32,35H,3-12,14-19H2,1-2H3,(H,33,34)/t20-,21+,22-,23+,24-,26-/m1/s1. The number of aliphatic carboxylic acids is 1. The average Bonchev–Trinajstić information content (AvgIpc) is 3.33. The molecule has 9 nitrogen and oxygen atoms in total. The van der Waals surface area contributed by atoms with E-state index in [1.165, 1.54) is 19.3 Å². The highest BCUT2D eigenvalue weighted by Gasteiger charge is 2.37. The minimum Gasteiger partial charge on any atom is -0.481 e. The lowest BCUT2D eigenvalue weighted by molar-refractivity contribution is -0.142. The molecule has 35 heavy (non-hydrogen) atoms. The molecular formula is C26H50N4O5. The number of aliphatic hydroxyl groups is 3. The van der Waals surface area contributed by atoms with Crippen molar-refractivity contribution in [3.8, 4) is 0 Å². The summed E-state index contributed by atoms with van der Waals surface area (Å²) in [6, 6.07) is 0.911. The number of piperidine rings is 1. The Kier molecular flexibility index (Phi) is 13.7. The van der Waals surface area contributed by atoms with E-state index >= 15 is 0 Å². The third kappa shape index (κ3) is 11.2. The van der Waals surface area contributed by atoms with Gasteiger partial charge in [-0.15, -0.1) is 0 Å². The van der Waals surface area contributed by atoms with Crippen molar-refractivity contribution < 1.29 is 25.2 Å². The van der Waals surface area contributed by atoms with Crippen molar-refractivity contribution in [3.63, 3.8) is 0 Å². The monoisotopic (exact) mass is 498 g/mol. The van der Waals surface area contributed by atoms with Crippen LogP contribution in [0.15, 0.2) is 4.99 Å². The number of carboxylic acid groups (broad SMARTS) is 1. The normalized spacial score (nSPS) is 27.7. The lowest BCUT2D eigenvalue weighted by Gasteiger charge is -2.43. The second-order valence-corrected chi connectivity index (χ2v) is 10.8. The largest absolute Gasteiger partial charge is 0.481 e. The van der Waals surface area contributed by atoms with Crippen molar-refractivity contribution >= 4 is 12.2 Å². The molecule has 2 aliphatic rings. The van der Waals surface area contributed by atoms with Crippen molar-refractivity contribution in [3.05, 3.63) is 0 Å². The first kappa shape index (κ1) is 30.1. The van der Waals surface area contributed by atoms with E-state index in [0.29, 0.717) is 24.9 Å². The van der Waals surface area contributed by atoms with E-state index in [9.17, 15) is 20.1 Å². The molecule has 0 radical (unpaired) electrons. The predicted molar refractivity (Wildman–Crippen MR) is 139 cm³/mol. The van der Waals surface area contributed by atoms with Crippen molar-refractivity contribution in [2.24, 2.45) is 4.99 Å². The SMILES string of the molecule is C[C@H](CCO)NC[C@@](O)(CCCCCCCCC[C@H]1N[C@@H](C)[C@H](O)C[C@@H]1N1CC=NC1)CC(=O)O. The summed E-state index contributed by atoms with van der Waals surface area (Å²) in [5.74, 6) is -0.986. The van der Waals surface area contributed by atoms with Gasteiger partial charge in [-0.25, -0.2) is 0 Å². The Morgan fingerprint density at radius 2 is 1.91 bits per heavy atom. The maximum Gasteiger partial charge on any atom is 0.306 e. The summed E-state index contributed by atoms with van der Waals surface area (Å²) in [7, 11) is 0.